The molecule has 0 bridgehead atoms. The summed E-state index contributed by atoms with van der Waals surface area (Å²) >= 11 is -4.29. The minimum absolute atomic E-state index is 0.216. The van der Waals surface area contributed by atoms with Crippen molar-refractivity contribution in [1.82, 2.24) is 0 Å². The number of hydrogen-bond donors (Lipinski definition) is 0. The van der Waals surface area contributed by atoms with Crippen molar-refractivity contribution in [3.8, 4) is 0 Å². The van der Waals surface area contributed by atoms with Crippen LogP contribution in [-0.4, -0.2) is 47.7 Å². The Labute approximate surface area is 366 Å². The molecule has 0 aliphatic heterocycles. The van der Waals surface area contributed by atoms with Crippen molar-refractivity contribution in [2.75, 3.05) is 6.61 Å². The topological polar surface area (TPSA) is 18.5 Å². The van der Waals surface area contributed by atoms with Gasteiger partial charge in [0.05, 0.1) is 0 Å². The third-order valence-electron chi connectivity index (χ3n) is 12.3. The molecule has 0 aliphatic carbocycles. The zero-order valence-electron chi connectivity index (χ0n) is 36.4. The minimum atomic E-state index is -4.29. The molecule has 0 saturated heterocycles. The summed E-state index contributed by atoms with van der Waals surface area (Å²) < 4.78 is 22.1. The van der Waals surface area contributed by atoms with E-state index < -0.39 is 41.1 Å². The Hall–Kier alpha value is -4.57. The maximum absolute atomic E-state index is 8.50. The van der Waals surface area contributed by atoms with Crippen LogP contribution in [0.4, 0.5) is 0 Å². The first-order chi connectivity index (χ1) is 29.0. The fourth-order valence-corrected chi connectivity index (χ4v) is 33.9. The standard InChI is InChI=1S/C37H45O2Si2.3C6H5.Sn/c1-8-21-31(39-41(37(5,6)7,34-26-17-11-18-27-34)35-28-19-12-20-29-35)30-38-40(36(2,3)4,32-22-13-9-14-23-32)33-24-15-10-16-25-33;3*1-2-4-6-5-3-1;/h8-20,22-29,31H,30H2,1-7H3;3*1-5H;/t31-;;;;/m0..../s1. The number of rotatable bonds is 14. The van der Waals surface area contributed by atoms with E-state index in [1.54, 1.807) is 0 Å². The van der Waals surface area contributed by atoms with Crippen LogP contribution >= 0.6 is 0 Å². The molecule has 0 saturated carbocycles. The summed E-state index contributed by atoms with van der Waals surface area (Å²) in [6, 6.07) is 78.3. The van der Waals surface area contributed by atoms with Crippen molar-refractivity contribution in [3.63, 3.8) is 0 Å². The molecule has 0 unspecified atom stereocenters. The molecule has 0 aromatic heterocycles. The first-order valence-corrected chi connectivity index (χ1v) is 30.9. The van der Waals surface area contributed by atoms with Crippen LogP contribution in [0.5, 0.6) is 0 Å². The van der Waals surface area contributed by atoms with Gasteiger partial charge in [0.25, 0.3) is 0 Å². The Morgan fingerprint density at radius 3 is 0.967 bits per heavy atom. The van der Waals surface area contributed by atoms with E-state index >= 15 is 0 Å². The molecule has 0 spiro atoms. The molecule has 7 rings (SSSR count). The zero-order valence-corrected chi connectivity index (χ0v) is 41.2. The fourth-order valence-electron chi connectivity index (χ4n) is 9.76. The van der Waals surface area contributed by atoms with Gasteiger partial charge in [-0.1, -0.05) is 0 Å². The van der Waals surface area contributed by atoms with Crippen LogP contribution in [0.3, 0.4) is 0 Å². The predicted octanol–water partition coefficient (Wildman–Crippen LogP) is 9.16. The average molecular weight is 928 g/mol. The van der Waals surface area contributed by atoms with Gasteiger partial charge in [-0.25, -0.2) is 0 Å². The van der Waals surface area contributed by atoms with Crippen molar-refractivity contribution >= 4 is 66.5 Å². The summed E-state index contributed by atoms with van der Waals surface area (Å²) in [7, 11) is -6.16. The van der Waals surface area contributed by atoms with Crippen LogP contribution < -0.4 is 31.5 Å². The van der Waals surface area contributed by atoms with Crippen molar-refractivity contribution in [3.05, 3.63) is 222 Å². The van der Waals surface area contributed by atoms with Gasteiger partial charge in [0.2, 0.25) is 0 Å². The normalized spacial score (nSPS) is 13.5. The third kappa shape index (κ3) is 8.13. The number of allylic oxidation sites excluding steroid dienone is 1. The van der Waals surface area contributed by atoms with Crippen molar-refractivity contribution in [1.29, 1.82) is 0 Å². The van der Waals surface area contributed by atoms with Crippen LogP contribution in [0.1, 0.15) is 48.5 Å². The second kappa shape index (κ2) is 18.6. The van der Waals surface area contributed by atoms with E-state index in [9.17, 15) is 0 Å². The Kier molecular flexibility index (Phi) is 13.5. The molecular formula is C55H60O2Si2Sn. The van der Waals surface area contributed by atoms with E-state index in [-0.39, 0.29) is 10.1 Å². The Balaban J connectivity index is 1.57. The molecule has 0 aliphatic rings. The van der Waals surface area contributed by atoms with Crippen LogP contribution in [0.25, 0.3) is 0 Å². The molecule has 0 fully saturated rings. The van der Waals surface area contributed by atoms with Gasteiger partial charge in [-0.05, 0) is 0 Å². The molecule has 0 N–H and O–H groups in total. The molecule has 60 heavy (non-hydrogen) atoms. The monoisotopic (exact) mass is 928 g/mol. The first kappa shape index (κ1) is 43.5. The summed E-state index contributed by atoms with van der Waals surface area (Å²) in [5, 5.41) is 4.57. The van der Waals surface area contributed by atoms with Gasteiger partial charge in [-0.15, -0.1) is 0 Å². The zero-order chi connectivity index (χ0) is 42.3. The summed E-state index contributed by atoms with van der Waals surface area (Å²) in [4.78, 5) is 0. The Bertz CT molecular complexity index is 2240. The van der Waals surface area contributed by atoms with Gasteiger partial charge in [0.15, 0.2) is 0 Å². The van der Waals surface area contributed by atoms with E-state index in [1.807, 2.05) is 0 Å². The van der Waals surface area contributed by atoms with Gasteiger partial charge in [0, 0.05) is 0 Å². The molecule has 2 nitrogen and oxygen atoms in total. The fraction of sp³-hybridized carbons (Fsp3) is 0.200. The molecule has 0 radical (unpaired) electrons. The van der Waals surface area contributed by atoms with Crippen LogP contribution in [0.15, 0.2) is 222 Å². The van der Waals surface area contributed by atoms with Gasteiger partial charge >= 0.3 is 369 Å². The molecule has 5 heteroatoms. The summed E-state index contributed by atoms with van der Waals surface area (Å²) in [5.41, 5.74) is 0. The van der Waals surface area contributed by atoms with E-state index in [4.69, 9.17) is 8.85 Å². The van der Waals surface area contributed by atoms with Gasteiger partial charge in [-0.2, -0.15) is 0 Å². The van der Waals surface area contributed by atoms with Crippen molar-refractivity contribution < 1.29 is 8.85 Å². The third-order valence-corrected chi connectivity index (χ3v) is 36.8. The predicted molar refractivity (Wildman–Crippen MR) is 264 cm³/mol. The SMILES string of the molecule is C/C=[C](\[C@@H](CO[Si](c1ccccc1)(c1ccccc1)C(C)(C)C)O[Si](c1ccccc1)(c1ccccc1)C(C)(C)C)[Sn]([c]1ccccc1)([c]1ccccc1)[c]1ccccc1. The maximum atomic E-state index is 8.50. The summed E-state index contributed by atoms with van der Waals surface area (Å²) in [6.07, 6.45) is 2.03. The van der Waals surface area contributed by atoms with Crippen LogP contribution in [0, 0.1) is 0 Å². The molecule has 7 aromatic rings. The first-order valence-electron chi connectivity index (χ1n) is 21.4. The summed E-state index contributed by atoms with van der Waals surface area (Å²) in [6.45, 7) is 16.9. The van der Waals surface area contributed by atoms with E-state index in [2.05, 4.69) is 267 Å². The quantitative estimate of drug-likeness (QED) is 0.101. The van der Waals surface area contributed by atoms with Crippen LogP contribution in [0.2, 0.25) is 10.1 Å². The molecular weight excluding hydrogens is 867 g/mol. The molecule has 1 atom stereocenters. The van der Waals surface area contributed by atoms with E-state index in [0.29, 0.717) is 6.61 Å². The second-order valence-electron chi connectivity index (χ2n) is 17.8. The van der Waals surface area contributed by atoms with Crippen molar-refractivity contribution in [2.45, 2.75) is 64.6 Å². The summed E-state index contributed by atoms with van der Waals surface area (Å²) in [5.74, 6) is 0. The van der Waals surface area contributed by atoms with Gasteiger partial charge in [0.1, 0.15) is 0 Å². The van der Waals surface area contributed by atoms with Gasteiger partial charge < -0.3 is 0 Å². The van der Waals surface area contributed by atoms with Crippen LogP contribution in [-0.2, 0) is 8.85 Å². The molecule has 7 aromatic carbocycles. The van der Waals surface area contributed by atoms with Crippen molar-refractivity contribution in [2.24, 2.45) is 0 Å². The number of benzene rings is 7. The van der Waals surface area contributed by atoms with E-state index in [1.165, 1.54) is 35.1 Å². The molecule has 0 amide bonds. The second-order valence-corrected chi connectivity index (χ2v) is 37.3. The average Bonchev–Trinajstić information content (AvgIpc) is 3.28. The Morgan fingerprint density at radius 2 is 0.700 bits per heavy atom. The number of hydrogen-bond acceptors (Lipinski definition) is 2. The molecule has 0 heterocycles. The molecule has 304 valence electrons. The Morgan fingerprint density at radius 1 is 0.433 bits per heavy atom. The van der Waals surface area contributed by atoms with E-state index in [0.717, 1.165) is 0 Å². The van der Waals surface area contributed by atoms with Gasteiger partial charge in [-0.3, -0.25) is 0 Å².